The molecule has 0 saturated carbocycles. The van der Waals surface area contributed by atoms with Gasteiger partial charge < -0.3 is 19.9 Å². The third kappa shape index (κ3) is 3.92. The van der Waals surface area contributed by atoms with Crippen molar-refractivity contribution in [3.8, 4) is 11.5 Å². The maximum atomic E-state index is 11.9. The van der Waals surface area contributed by atoms with Crippen molar-refractivity contribution in [3.05, 3.63) is 23.8 Å². The minimum absolute atomic E-state index is 0.0155. The van der Waals surface area contributed by atoms with Crippen LogP contribution in [0.25, 0.3) is 0 Å². The van der Waals surface area contributed by atoms with E-state index in [4.69, 9.17) is 9.47 Å². The fourth-order valence-electron chi connectivity index (χ4n) is 1.51. The Labute approximate surface area is 107 Å². The van der Waals surface area contributed by atoms with E-state index < -0.39 is 0 Å². The molecule has 1 atom stereocenters. The molecule has 0 radical (unpaired) electrons. The number of carbonyl (C=O) groups is 1. The Bertz CT molecular complexity index is 406. The molecule has 0 fully saturated rings. The van der Waals surface area contributed by atoms with Crippen LogP contribution < -0.4 is 10.1 Å². The van der Waals surface area contributed by atoms with Gasteiger partial charge in [-0.1, -0.05) is 0 Å². The number of aromatic hydroxyl groups is 1. The Morgan fingerprint density at radius 3 is 2.72 bits per heavy atom. The van der Waals surface area contributed by atoms with Gasteiger partial charge in [-0.2, -0.15) is 0 Å². The van der Waals surface area contributed by atoms with Crippen molar-refractivity contribution in [2.45, 2.75) is 19.4 Å². The maximum Gasteiger partial charge on any atom is 0.251 e. The largest absolute Gasteiger partial charge is 0.504 e. The highest BCUT2D eigenvalue weighted by Crippen LogP contribution is 2.26. The summed E-state index contributed by atoms with van der Waals surface area (Å²) in [6, 6.07) is 4.57. The average Bonchev–Trinajstić information content (AvgIpc) is 2.36. The molecule has 0 saturated heterocycles. The number of hydrogen-bond acceptors (Lipinski definition) is 4. The molecule has 18 heavy (non-hydrogen) atoms. The van der Waals surface area contributed by atoms with Gasteiger partial charge in [0, 0.05) is 25.3 Å². The molecule has 2 N–H and O–H groups in total. The van der Waals surface area contributed by atoms with Crippen molar-refractivity contribution in [1.82, 2.24) is 5.32 Å². The molecule has 5 nitrogen and oxygen atoms in total. The van der Waals surface area contributed by atoms with E-state index in [9.17, 15) is 9.90 Å². The highest BCUT2D eigenvalue weighted by molar-refractivity contribution is 5.95. The van der Waals surface area contributed by atoms with E-state index in [1.54, 1.807) is 19.2 Å². The number of carbonyl (C=O) groups excluding carboxylic acids is 1. The van der Waals surface area contributed by atoms with Gasteiger partial charge in [-0.15, -0.1) is 0 Å². The number of rotatable bonds is 6. The van der Waals surface area contributed by atoms with Gasteiger partial charge >= 0.3 is 0 Å². The number of phenolic OH excluding ortho intramolecular Hbond substituents is 1. The molecular formula is C13H19NO4. The first kappa shape index (κ1) is 14.3. The van der Waals surface area contributed by atoms with E-state index in [1.807, 2.05) is 6.92 Å². The average molecular weight is 253 g/mol. The summed E-state index contributed by atoms with van der Waals surface area (Å²) in [6.07, 6.45) is 0.740. The van der Waals surface area contributed by atoms with Crippen molar-refractivity contribution in [2.75, 3.05) is 20.8 Å². The molecule has 0 aliphatic rings. The summed E-state index contributed by atoms with van der Waals surface area (Å²) in [7, 11) is 3.08. The van der Waals surface area contributed by atoms with Gasteiger partial charge in [0.1, 0.15) is 0 Å². The summed E-state index contributed by atoms with van der Waals surface area (Å²) in [4.78, 5) is 11.9. The number of methoxy groups -OCH3 is 2. The Balaban J connectivity index is 2.64. The summed E-state index contributed by atoms with van der Waals surface area (Å²) >= 11 is 0. The van der Waals surface area contributed by atoms with Crippen LogP contribution in [0, 0.1) is 0 Å². The normalized spacial score (nSPS) is 11.9. The van der Waals surface area contributed by atoms with Gasteiger partial charge in [0.2, 0.25) is 0 Å². The van der Waals surface area contributed by atoms with Crippen molar-refractivity contribution in [1.29, 1.82) is 0 Å². The van der Waals surface area contributed by atoms with E-state index in [1.165, 1.54) is 13.2 Å². The number of benzene rings is 1. The third-order valence-electron chi connectivity index (χ3n) is 2.57. The standard InChI is InChI=1S/C13H19NO4/c1-9(6-7-17-2)14-13(16)10-4-5-12(18-3)11(15)8-10/h4-5,8-9,15H,6-7H2,1-3H3,(H,14,16). The third-order valence-corrected chi connectivity index (χ3v) is 2.57. The Hall–Kier alpha value is -1.75. The van der Waals surface area contributed by atoms with Gasteiger partial charge in [-0.05, 0) is 31.5 Å². The second-order valence-electron chi connectivity index (χ2n) is 4.04. The molecule has 0 bridgehead atoms. The molecule has 1 aromatic rings. The van der Waals surface area contributed by atoms with Gasteiger partial charge in [0.05, 0.1) is 7.11 Å². The lowest BCUT2D eigenvalue weighted by molar-refractivity contribution is 0.0929. The molecule has 1 aromatic carbocycles. The zero-order valence-electron chi connectivity index (χ0n) is 10.9. The molecule has 0 aromatic heterocycles. The van der Waals surface area contributed by atoms with Crippen molar-refractivity contribution < 1.29 is 19.4 Å². The molecule has 1 rings (SSSR count). The van der Waals surface area contributed by atoms with Crippen molar-refractivity contribution >= 4 is 5.91 Å². The van der Waals surface area contributed by atoms with Gasteiger partial charge in [-0.25, -0.2) is 0 Å². The number of nitrogens with one attached hydrogen (secondary N) is 1. The van der Waals surface area contributed by atoms with Gasteiger partial charge in [-0.3, -0.25) is 4.79 Å². The van der Waals surface area contributed by atoms with Crippen LogP contribution in [0.15, 0.2) is 18.2 Å². The molecule has 100 valence electrons. The van der Waals surface area contributed by atoms with Crippen LogP contribution in [0.1, 0.15) is 23.7 Å². The Morgan fingerprint density at radius 2 is 2.17 bits per heavy atom. The first-order chi connectivity index (χ1) is 8.58. The van der Waals surface area contributed by atoms with E-state index in [-0.39, 0.29) is 17.7 Å². The lowest BCUT2D eigenvalue weighted by atomic mass is 10.1. The summed E-state index contributed by atoms with van der Waals surface area (Å²) in [5, 5.41) is 12.4. The molecule has 0 heterocycles. The molecule has 1 amide bonds. The second-order valence-corrected chi connectivity index (χ2v) is 4.04. The van der Waals surface area contributed by atoms with Crippen LogP contribution in [-0.2, 0) is 4.74 Å². The molecular weight excluding hydrogens is 234 g/mol. The van der Waals surface area contributed by atoms with Gasteiger partial charge in [0.15, 0.2) is 11.5 Å². The smallest absolute Gasteiger partial charge is 0.251 e. The second kappa shape index (κ2) is 6.86. The summed E-state index contributed by atoms with van der Waals surface area (Å²) < 4.78 is 9.86. The number of phenols is 1. The number of ether oxygens (including phenoxy) is 2. The van der Waals surface area contributed by atoms with E-state index in [0.717, 1.165) is 6.42 Å². The zero-order valence-corrected chi connectivity index (χ0v) is 10.9. The van der Waals surface area contributed by atoms with Crippen LogP contribution in [0.3, 0.4) is 0 Å². The summed E-state index contributed by atoms with van der Waals surface area (Å²) in [6.45, 7) is 2.50. The summed E-state index contributed by atoms with van der Waals surface area (Å²) in [5.41, 5.74) is 0.401. The fraction of sp³-hybridized carbons (Fsp3) is 0.462. The van der Waals surface area contributed by atoms with Crippen molar-refractivity contribution in [2.24, 2.45) is 0 Å². The first-order valence-corrected chi connectivity index (χ1v) is 5.75. The molecule has 5 heteroatoms. The lowest BCUT2D eigenvalue weighted by Gasteiger charge is -2.13. The number of hydrogen-bond donors (Lipinski definition) is 2. The van der Waals surface area contributed by atoms with E-state index in [2.05, 4.69) is 5.32 Å². The van der Waals surface area contributed by atoms with Gasteiger partial charge in [0.25, 0.3) is 5.91 Å². The van der Waals surface area contributed by atoms with E-state index >= 15 is 0 Å². The highest BCUT2D eigenvalue weighted by atomic mass is 16.5. The highest BCUT2D eigenvalue weighted by Gasteiger charge is 2.12. The van der Waals surface area contributed by atoms with Crippen LogP contribution in [-0.4, -0.2) is 37.9 Å². The molecule has 0 spiro atoms. The molecule has 1 unspecified atom stereocenters. The Kier molecular flexibility index (Phi) is 5.45. The molecule has 0 aliphatic heterocycles. The minimum atomic E-state index is -0.225. The summed E-state index contributed by atoms with van der Waals surface area (Å²) in [5.74, 6) is 0.0743. The SMILES string of the molecule is COCCC(C)NC(=O)c1ccc(OC)c(O)c1. The fourth-order valence-corrected chi connectivity index (χ4v) is 1.51. The van der Waals surface area contributed by atoms with Crippen LogP contribution >= 0.6 is 0 Å². The predicted octanol–water partition coefficient (Wildman–Crippen LogP) is 1.56. The minimum Gasteiger partial charge on any atom is -0.504 e. The van der Waals surface area contributed by atoms with Crippen LogP contribution in [0.5, 0.6) is 11.5 Å². The topological polar surface area (TPSA) is 67.8 Å². The molecule has 0 aliphatic carbocycles. The number of amides is 1. The van der Waals surface area contributed by atoms with Crippen LogP contribution in [0.4, 0.5) is 0 Å². The quantitative estimate of drug-likeness (QED) is 0.807. The van der Waals surface area contributed by atoms with E-state index in [0.29, 0.717) is 17.9 Å². The zero-order chi connectivity index (χ0) is 13.5. The monoisotopic (exact) mass is 253 g/mol. The first-order valence-electron chi connectivity index (χ1n) is 5.75. The lowest BCUT2D eigenvalue weighted by Crippen LogP contribution is -2.33. The van der Waals surface area contributed by atoms with Crippen molar-refractivity contribution in [3.63, 3.8) is 0 Å². The van der Waals surface area contributed by atoms with Crippen LogP contribution in [0.2, 0.25) is 0 Å². The predicted molar refractivity (Wildman–Crippen MR) is 68.1 cm³/mol. The Morgan fingerprint density at radius 1 is 1.44 bits per heavy atom. The maximum absolute atomic E-state index is 11.9.